The molecule has 0 bridgehead atoms. The lowest BCUT2D eigenvalue weighted by Crippen LogP contribution is -2.24. The van der Waals surface area contributed by atoms with Crippen molar-refractivity contribution < 1.29 is 14.3 Å². The van der Waals surface area contributed by atoms with E-state index < -0.39 is 0 Å². The van der Waals surface area contributed by atoms with E-state index in [9.17, 15) is 9.59 Å². The number of carbonyl (C=O) groups is 2. The molecule has 27 heavy (non-hydrogen) atoms. The van der Waals surface area contributed by atoms with Crippen molar-refractivity contribution in [2.75, 3.05) is 13.7 Å². The van der Waals surface area contributed by atoms with Gasteiger partial charge >= 0.3 is 5.97 Å². The van der Waals surface area contributed by atoms with Crippen molar-refractivity contribution in [2.24, 2.45) is 0 Å². The summed E-state index contributed by atoms with van der Waals surface area (Å²) in [6.45, 7) is 1.28. The molecule has 4 rings (SSSR count). The van der Waals surface area contributed by atoms with Crippen LogP contribution in [0.1, 0.15) is 23.7 Å². The number of amides is 1. The number of hydrogen-bond donors (Lipinski definition) is 0. The average Bonchev–Trinajstić information content (AvgIpc) is 3.23. The van der Waals surface area contributed by atoms with Crippen LogP contribution in [0.4, 0.5) is 0 Å². The highest BCUT2D eigenvalue weighted by atomic mass is 16.5. The van der Waals surface area contributed by atoms with E-state index in [-0.39, 0.29) is 24.3 Å². The summed E-state index contributed by atoms with van der Waals surface area (Å²) in [5.74, 6) is 0.508. The standard InChI is InChI=1S/C21H21N3O3/c1-27-20(26)14-24-18-10-6-5-9-17(18)22-21(24)16-11-19(25)23(13-16)12-15-7-3-2-4-8-15/h2-10,16H,11-14H2,1H3/t16-/m0/s1. The van der Waals surface area contributed by atoms with Crippen LogP contribution in [0.5, 0.6) is 0 Å². The Morgan fingerprint density at radius 3 is 2.67 bits per heavy atom. The minimum Gasteiger partial charge on any atom is -0.468 e. The Hall–Kier alpha value is -3.15. The molecule has 6 nitrogen and oxygen atoms in total. The van der Waals surface area contributed by atoms with Gasteiger partial charge in [0.05, 0.1) is 18.1 Å². The van der Waals surface area contributed by atoms with Crippen LogP contribution in [0, 0.1) is 0 Å². The monoisotopic (exact) mass is 363 g/mol. The predicted octanol–water partition coefficient (Wildman–Crippen LogP) is 2.73. The molecular weight excluding hydrogens is 342 g/mol. The molecule has 6 heteroatoms. The number of nitrogens with zero attached hydrogens (tertiary/aromatic N) is 3. The second-order valence-corrected chi connectivity index (χ2v) is 6.78. The van der Waals surface area contributed by atoms with E-state index in [2.05, 4.69) is 0 Å². The average molecular weight is 363 g/mol. The lowest BCUT2D eigenvalue weighted by Gasteiger charge is -2.17. The van der Waals surface area contributed by atoms with Crippen molar-refractivity contribution in [3.8, 4) is 0 Å². The first kappa shape index (κ1) is 17.3. The molecule has 1 saturated heterocycles. The van der Waals surface area contributed by atoms with E-state index in [1.54, 1.807) is 0 Å². The maximum Gasteiger partial charge on any atom is 0.325 e. The van der Waals surface area contributed by atoms with Crippen molar-refractivity contribution in [3.05, 3.63) is 66.0 Å². The number of fused-ring (bicyclic) bond motifs is 1. The molecule has 1 amide bonds. The van der Waals surface area contributed by atoms with Crippen molar-refractivity contribution in [3.63, 3.8) is 0 Å². The number of likely N-dealkylation sites (tertiary alicyclic amines) is 1. The lowest BCUT2D eigenvalue weighted by atomic mass is 10.1. The molecule has 0 N–H and O–H groups in total. The second kappa shape index (κ2) is 7.23. The molecule has 0 aliphatic carbocycles. The number of para-hydroxylation sites is 2. The van der Waals surface area contributed by atoms with Crippen molar-refractivity contribution in [1.82, 2.24) is 14.5 Å². The van der Waals surface area contributed by atoms with Crippen molar-refractivity contribution >= 4 is 22.9 Å². The van der Waals surface area contributed by atoms with Gasteiger partial charge in [0.25, 0.3) is 0 Å². The molecule has 0 radical (unpaired) electrons. The molecular formula is C21H21N3O3. The molecule has 1 aliphatic rings. The molecule has 3 aromatic rings. The number of esters is 1. The summed E-state index contributed by atoms with van der Waals surface area (Å²) < 4.78 is 6.73. The zero-order chi connectivity index (χ0) is 18.8. The Balaban J connectivity index is 1.63. The highest BCUT2D eigenvalue weighted by Gasteiger charge is 2.34. The smallest absolute Gasteiger partial charge is 0.325 e. The predicted molar refractivity (Wildman–Crippen MR) is 101 cm³/mol. The van der Waals surface area contributed by atoms with E-state index in [0.29, 0.717) is 19.5 Å². The Bertz CT molecular complexity index is 981. The van der Waals surface area contributed by atoms with Gasteiger partial charge in [0.2, 0.25) is 5.91 Å². The van der Waals surface area contributed by atoms with Gasteiger partial charge in [0.1, 0.15) is 12.4 Å². The van der Waals surface area contributed by atoms with Crippen LogP contribution in [0.2, 0.25) is 0 Å². The zero-order valence-corrected chi connectivity index (χ0v) is 15.2. The van der Waals surface area contributed by atoms with E-state index >= 15 is 0 Å². The first-order chi connectivity index (χ1) is 13.2. The molecule has 1 fully saturated rings. The number of benzene rings is 2. The quantitative estimate of drug-likeness (QED) is 0.654. The fraction of sp³-hybridized carbons (Fsp3) is 0.286. The molecule has 1 aliphatic heterocycles. The van der Waals surface area contributed by atoms with Gasteiger partial charge < -0.3 is 14.2 Å². The van der Waals surface area contributed by atoms with E-state index in [1.807, 2.05) is 64.1 Å². The van der Waals surface area contributed by atoms with Crippen LogP contribution in [0.15, 0.2) is 54.6 Å². The molecule has 138 valence electrons. The summed E-state index contributed by atoms with van der Waals surface area (Å²) in [4.78, 5) is 31.1. The van der Waals surface area contributed by atoms with Crippen molar-refractivity contribution in [1.29, 1.82) is 0 Å². The number of rotatable bonds is 5. The zero-order valence-electron chi connectivity index (χ0n) is 15.2. The molecule has 2 heterocycles. The van der Waals surface area contributed by atoms with Crippen LogP contribution in [0.25, 0.3) is 11.0 Å². The summed E-state index contributed by atoms with van der Waals surface area (Å²) in [6, 6.07) is 17.7. The van der Waals surface area contributed by atoms with Gasteiger partial charge in [0.15, 0.2) is 0 Å². The number of carbonyl (C=O) groups excluding carboxylic acids is 2. The van der Waals surface area contributed by atoms with Crippen LogP contribution in [-0.2, 0) is 27.4 Å². The van der Waals surface area contributed by atoms with Gasteiger partial charge in [-0.05, 0) is 17.7 Å². The summed E-state index contributed by atoms with van der Waals surface area (Å²) >= 11 is 0. The SMILES string of the molecule is COC(=O)Cn1c([C@H]2CC(=O)N(Cc3ccccc3)C2)nc2ccccc21. The van der Waals surface area contributed by atoms with E-state index in [0.717, 1.165) is 22.4 Å². The van der Waals surface area contributed by atoms with Gasteiger partial charge in [-0.2, -0.15) is 0 Å². The largest absolute Gasteiger partial charge is 0.468 e. The molecule has 0 unspecified atom stereocenters. The molecule has 2 aromatic carbocycles. The second-order valence-electron chi connectivity index (χ2n) is 6.78. The van der Waals surface area contributed by atoms with E-state index in [1.165, 1.54) is 7.11 Å². The Labute approximate surface area is 157 Å². The lowest BCUT2D eigenvalue weighted by molar-refractivity contribution is -0.141. The van der Waals surface area contributed by atoms with Crippen molar-refractivity contribution in [2.45, 2.75) is 25.4 Å². The summed E-state index contributed by atoms with van der Waals surface area (Å²) in [6.07, 6.45) is 0.400. The summed E-state index contributed by atoms with van der Waals surface area (Å²) in [5.41, 5.74) is 2.81. The van der Waals surface area contributed by atoms with E-state index in [4.69, 9.17) is 9.72 Å². The van der Waals surface area contributed by atoms with Crippen LogP contribution >= 0.6 is 0 Å². The fourth-order valence-corrected chi connectivity index (χ4v) is 3.67. The van der Waals surface area contributed by atoms with Gasteiger partial charge in [-0.3, -0.25) is 9.59 Å². The third-order valence-electron chi connectivity index (χ3n) is 4.99. The first-order valence-corrected chi connectivity index (χ1v) is 8.99. The Morgan fingerprint density at radius 2 is 1.89 bits per heavy atom. The number of ether oxygens (including phenoxy) is 1. The topological polar surface area (TPSA) is 64.4 Å². The van der Waals surface area contributed by atoms with Crippen LogP contribution in [-0.4, -0.2) is 40.0 Å². The maximum atomic E-state index is 12.6. The fourth-order valence-electron chi connectivity index (χ4n) is 3.67. The molecule has 0 saturated carbocycles. The third-order valence-corrected chi connectivity index (χ3v) is 4.99. The number of methoxy groups -OCH3 is 1. The van der Waals surface area contributed by atoms with Crippen LogP contribution < -0.4 is 0 Å². The highest BCUT2D eigenvalue weighted by Crippen LogP contribution is 2.31. The van der Waals surface area contributed by atoms with Gasteiger partial charge in [-0.15, -0.1) is 0 Å². The Kier molecular flexibility index (Phi) is 4.62. The first-order valence-electron chi connectivity index (χ1n) is 8.99. The van der Waals surface area contributed by atoms with Crippen LogP contribution in [0.3, 0.4) is 0 Å². The third kappa shape index (κ3) is 3.43. The molecule has 0 spiro atoms. The number of imidazole rings is 1. The minimum absolute atomic E-state index is 0.0433. The minimum atomic E-state index is -0.329. The molecule has 1 atom stereocenters. The normalized spacial score (nSPS) is 16.9. The van der Waals surface area contributed by atoms with Gasteiger partial charge in [-0.1, -0.05) is 42.5 Å². The number of hydrogen-bond acceptors (Lipinski definition) is 4. The summed E-state index contributed by atoms with van der Waals surface area (Å²) in [7, 11) is 1.38. The summed E-state index contributed by atoms with van der Waals surface area (Å²) in [5, 5.41) is 0. The molecule has 1 aromatic heterocycles. The Morgan fingerprint density at radius 1 is 1.15 bits per heavy atom. The van der Waals surface area contributed by atoms with Gasteiger partial charge in [-0.25, -0.2) is 4.98 Å². The maximum absolute atomic E-state index is 12.6. The number of aromatic nitrogens is 2. The highest BCUT2D eigenvalue weighted by molar-refractivity contribution is 5.82. The van der Waals surface area contributed by atoms with Gasteiger partial charge in [0, 0.05) is 25.4 Å².